The second-order valence-electron chi connectivity index (χ2n) is 7.85. The van der Waals surface area contributed by atoms with Crippen molar-refractivity contribution in [2.45, 2.75) is 38.7 Å². The Kier molecular flexibility index (Phi) is 7.47. The second kappa shape index (κ2) is 9.98. The summed E-state index contributed by atoms with van der Waals surface area (Å²) in [7, 11) is 3.37. The summed E-state index contributed by atoms with van der Waals surface area (Å²) in [5.74, 6) is 0.942. The first kappa shape index (κ1) is 25.4. The normalized spacial score (nSPS) is 14.1. The number of hydrogen-bond acceptors (Lipinski definition) is 6. The number of fused-ring (bicyclic) bond motifs is 1. The molecule has 0 aliphatic carbocycles. The monoisotopic (exact) mass is 496 g/mol. The molecule has 0 fully saturated rings. The van der Waals surface area contributed by atoms with Crippen molar-refractivity contribution in [2.75, 3.05) is 19.1 Å². The highest BCUT2D eigenvalue weighted by atomic mass is 35.5. The molecule has 3 aromatic rings. The van der Waals surface area contributed by atoms with Crippen molar-refractivity contribution < 1.29 is 22.7 Å². The van der Waals surface area contributed by atoms with Crippen molar-refractivity contribution in [1.82, 2.24) is 25.1 Å². The molecule has 0 saturated carbocycles. The summed E-state index contributed by atoms with van der Waals surface area (Å²) in [5.41, 5.74) is 2.69. The molecule has 8 nitrogen and oxygen atoms in total. The van der Waals surface area contributed by atoms with E-state index in [-0.39, 0.29) is 24.1 Å². The van der Waals surface area contributed by atoms with Crippen LogP contribution in [0.25, 0.3) is 11.5 Å². The standard InChI is InChI=1S/C22H23F3N6O2.ClH/c1-13(9-22(23,24)25)31-12-27-29-20(31)18-5-4-6-19(28-18)30-11-17-14(10-26-2)7-15(33-3)8-16(17)21(30)32;/h4-8,12-13,26H,9-11H2,1-3H3;1H. The van der Waals surface area contributed by atoms with Crippen molar-refractivity contribution in [3.63, 3.8) is 0 Å². The fourth-order valence-electron chi connectivity index (χ4n) is 3.99. The molecule has 1 amide bonds. The number of anilines is 1. The molecule has 1 unspecified atom stereocenters. The minimum absolute atomic E-state index is 0. The fourth-order valence-corrected chi connectivity index (χ4v) is 3.99. The molecule has 4 rings (SSSR count). The smallest absolute Gasteiger partial charge is 0.391 e. The largest absolute Gasteiger partial charge is 0.497 e. The topological polar surface area (TPSA) is 85.2 Å². The number of carbonyl (C=O) groups excluding carboxylic acids is 1. The van der Waals surface area contributed by atoms with Crippen LogP contribution < -0.4 is 15.0 Å². The minimum atomic E-state index is -4.32. The number of nitrogens with one attached hydrogen (secondary N) is 1. The van der Waals surface area contributed by atoms with Gasteiger partial charge in [0.05, 0.1) is 20.1 Å². The summed E-state index contributed by atoms with van der Waals surface area (Å²) in [4.78, 5) is 19.3. The third-order valence-corrected chi connectivity index (χ3v) is 5.53. The van der Waals surface area contributed by atoms with Gasteiger partial charge in [-0.05, 0) is 49.4 Å². The summed E-state index contributed by atoms with van der Waals surface area (Å²) in [5, 5.41) is 10.9. The third kappa shape index (κ3) is 5.00. The number of alkyl halides is 3. The van der Waals surface area contributed by atoms with E-state index in [9.17, 15) is 18.0 Å². The van der Waals surface area contributed by atoms with Gasteiger partial charge in [-0.2, -0.15) is 13.2 Å². The summed E-state index contributed by atoms with van der Waals surface area (Å²) >= 11 is 0. The molecule has 182 valence electrons. The maximum Gasteiger partial charge on any atom is 0.391 e. The zero-order chi connectivity index (χ0) is 23.8. The van der Waals surface area contributed by atoms with Crippen LogP contribution in [0.4, 0.5) is 19.0 Å². The molecule has 1 aliphatic rings. The van der Waals surface area contributed by atoms with E-state index in [2.05, 4.69) is 20.5 Å². The van der Waals surface area contributed by atoms with Gasteiger partial charge in [0.15, 0.2) is 5.82 Å². The highest BCUT2D eigenvalue weighted by Gasteiger charge is 2.33. The molecule has 2 aromatic heterocycles. The van der Waals surface area contributed by atoms with Gasteiger partial charge < -0.3 is 14.6 Å². The molecule has 0 radical (unpaired) electrons. The van der Waals surface area contributed by atoms with Gasteiger partial charge >= 0.3 is 6.18 Å². The Bertz CT molecular complexity index is 1180. The zero-order valence-corrected chi connectivity index (χ0v) is 19.6. The number of hydrogen-bond donors (Lipinski definition) is 1. The van der Waals surface area contributed by atoms with Gasteiger partial charge in [0.25, 0.3) is 5.91 Å². The average molecular weight is 497 g/mol. The number of carbonyl (C=O) groups is 1. The molecule has 0 saturated heterocycles. The molecule has 12 heteroatoms. The molecule has 1 N–H and O–H groups in total. The number of aromatic nitrogens is 4. The summed E-state index contributed by atoms with van der Waals surface area (Å²) in [6.07, 6.45) is -4.09. The first-order valence-corrected chi connectivity index (χ1v) is 10.3. The highest BCUT2D eigenvalue weighted by molar-refractivity contribution is 6.10. The second-order valence-corrected chi connectivity index (χ2v) is 7.85. The number of ether oxygens (including phenoxy) is 1. The number of halogens is 4. The maximum absolute atomic E-state index is 13.2. The molecular formula is C22H24ClF3N6O2. The average Bonchev–Trinajstić information content (AvgIpc) is 3.38. The third-order valence-electron chi connectivity index (χ3n) is 5.53. The number of amides is 1. The lowest BCUT2D eigenvalue weighted by Gasteiger charge is -2.18. The minimum Gasteiger partial charge on any atom is -0.497 e. The van der Waals surface area contributed by atoms with Gasteiger partial charge in [-0.15, -0.1) is 22.6 Å². The predicted molar refractivity (Wildman–Crippen MR) is 122 cm³/mol. The van der Waals surface area contributed by atoms with Crippen molar-refractivity contribution in [2.24, 2.45) is 0 Å². The summed E-state index contributed by atoms with van der Waals surface area (Å²) < 4.78 is 45.3. The van der Waals surface area contributed by atoms with Crippen molar-refractivity contribution in [3.05, 3.63) is 53.3 Å². The molecule has 34 heavy (non-hydrogen) atoms. The van der Waals surface area contributed by atoms with Gasteiger partial charge in [-0.3, -0.25) is 9.69 Å². The van der Waals surface area contributed by atoms with Crippen molar-refractivity contribution in [3.8, 4) is 17.3 Å². The van der Waals surface area contributed by atoms with E-state index >= 15 is 0 Å². The zero-order valence-electron chi connectivity index (χ0n) is 18.8. The van der Waals surface area contributed by atoms with Crippen molar-refractivity contribution in [1.29, 1.82) is 0 Å². The Labute approximate surface area is 200 Å². The van der Waals surface area contributed by atoms with Crippen molar-refractivity contribution >= 4 is 24.1 Å². The molecule has 0 spiro atoms. The summed E-state index contributed by atoms with van der Waals surface area (Å²) in [6.45, 7) is 2.33. The predicted octanol–water partition coefficient (Wildman–Crippen LogP) is 4.16. The van der Waals surface area contributed by atoms with E-state index in [4.69, 9.17) is 4.74 Å². The van der Waals surface area contributed by atoms with Crippen LogP contribution in [-0.4, -0.2) is 46.0 Å². The Morgan fingerprint density at radius 2 is 2.03 bits per heavy atom. The van der Waals surface area contributed by atoms with Crippen LogP contribution in [0.3, 0.4) is 0 Å². The van der Waals surface area contributed by atoms with Crippen LogP contribution in [0, 0.1) is 0 Å². The molecule has 0 bridgehead atoms. The van der Waals surface area contributed by atoms with Crippen LogP contribution in [0.5, 0.6) is 5.75 Å². The van der Waals surface area contributed by atoms with Gasteiger partial charge in [-0.1, -0.05) is 6.07 Å². The molecule has 1 aliphatic heterocycles. The number of methoxy groups -OCH3 is 1. The molecule has 3 heterocycles. The quantitative estimate of drug-likeness (QED) is 0.528. The van der Waals surface area contributed by atoms with E-state index in [1.54, 1.807) is 31.4 Å². The summed E-state index contributed by atoms with van der Waals surface area (Å²) in [6, 6.07) is 7.69. The Balaban J connectivity index is 0.00000324. The van der Waals surface area contributed by atoms with Crippen LogP contribution in [0.2, 0.25) is 0 Å². The Morgan fingerprint density at radius 1 is 1.26 bits per heavy atom. The van der Waals surface area contributed by atoms with Gasteiger partial charge in [0.1, 0.15) is 23.6 Å². The number of nitrogens with zero attached hydrogens (tertiary/aromatic N) is 5. The van der Waals surface area contributed by atoms with E-state index < -0.39 is 18.6 Å². The Hall–Kier alpha value is -3.18. The van der Waals surface area contributed by atoms with E-state index in [0.29, 0.717) is 35.9 Å². The van der Waals surface area contributed by atoms with Crippen LogP contribution in [0.15, 0.2) is 36.7 Å². The van der Waals surface area contributed by atoms with Crippen LogP contribution >= 0.6 is 12.4 Å². The van der Waals surface area contributed by atoms with Gasteiger partial charge in [0, 0.05) is 18.2 Å². The van der Waals surface area contributed by atoms with E-state index in [0.717, 1.165) is 11.1 Å². The molecular weight excluding hydrogens is 473 g/mol. The fraction of sp³-hybridized carbons (Fsp3) is 0.364. The lowest BCUT2D eigenvalue weighted by molar-refractivity contribution is -0.141. The SMILES string of the molecule is CNCc1cc(OC)cc2c1CN(c1cccc(-c3nncn3C(C)CC(F)(F)F)n1)C2=O.Cl. The van der Waals surface area contributed by atoms with E-state index in [1.807, 2.05) is 13.1 Å². The van der Waals surface area contributed by atoms with Crippen LogP contribution in [-0.2, 0) is 13.1 Å². The lowest BCUT2D eigenvalue weighted by atomic mass is 10.0. The number of benzene rings is 1. The molecule has 1 atom stereocenters. The lowest BCUT2D eigenvalue weighted by Crippen LogP contribution is -2.24. The maximum atomic E-state index is 13.2. The first-order valence-electron chi connectivity index (χ1n) is 10.3. The van der Waals surface area contributed by atoms with Crippen LogP contribution in [0.1, 0.15) is 40.9 Å². The first-order chi connectivity index (χ1) is 15.7. The number of rotatable bonds is 7. The van der Waals surface area contributed by atoms with Gasteiger partial charge in [0.2, 0.25) is 0 Å². The molecule has 1 aromatic carbocycles. The highest BCUT2D eigenvalue weighted by Crippen LogP contribution is 2.34. The van der Waals surface area contributed by atoms with Gasteiger partial charge in [-0.25, -0.2) is 4.98 Å². The number of pyridine rings is 1. The van der Waals surface area contributed by atoms with E-state index in [1.165, 1.54) is 22.7 Å². The Morgan fingerprint density at radius 3 is 2.71 bits per heavy atom.